The van der Waals surface area contributed by atoms with Crippen molar-refractivity contribution in [2.24, 2.45) is 4.99 Å². The number of aliphatic hydroxyl groups excluding tert-OH is 1. The molecule has 10 nitrogen and oxygen atoms in total. The molecule has 1 aromatic heterocycles. The summed E-state index contributed by atoms with van der Waals surface area (Å²) < 4.78 is 16.2. The molecule has 10 heteroatoms. The summed E-state index contributed by atoms with van der Waals surface area (Å²) in [6.45, 7) is 2.53. The van der Waals surface area contributed by atoms with Crippen molar-refractivity contribution >= 4 is 18.0 Å². The summed E-state index contributed by atoms with van der Waals surface area (Å²) in [7, 11) is 0. The Hall–Kier alpha value is -4.02. The van der Waals surface area contributed by atoms with Crippen molar-refractivity contribution in [3.63, 3.8) is 0 Å². The lowest BCUT2D eigenvalue weighted by atomic mass is 9.94. The number of carbonyl (C=O) groups is 2. The highest BCUT2D eigenvalue weighted by atomic mass is 16.5. The molecule has 3 heterocycles. The third kappa shape index (κ3) is 6.04. The summed E-state index contributed by atoms with van der Waals surface area (Å²) >= 11 is 0. The van der Waals surface area contributed by atoms with Gasteiger partial charge in [-0.15, -0.1) is 0 Å². The Morgan fingerprint density at radius 3 is 2.68 bits per heavy atom. The normalized spacial score (nSPS) is 17.6. The predicted molar refractivity (Wildman–Crippen MR) is 134 cm³/mol. The number of rotatable bonds is 8. The number of nitrogens with zero attached hydrogens (tertiary/aromatic N) is 3. The van der Waals surface area contributed by atoms with Gasteiger partial charge >= 0.3 is 0 Å². The van der Waals surface area contributed by atoms with E-state index in [-0.39, 0.29) is 31.0 Å². The summed E-state index contributed by atoms with van der Waals surface area (Å²) in [4.78, 5) is 35.3. The highest BCUT2D eigenvalue weighted by molar-refractivity contribution is 5.97. The number of amides is 2. The highest BCUT2D eigenvalue weighted by Gasteiger charge is 2.24. The fourth-order valence-electron chi connectivity index (χ4n) is 4.27. The van der Waals surface area contributed by atoms with Crippen LogP contribution >= 0.6 is 0 Å². The third-order valence-electron chi connectivity index (χ3n) is 6.42. The smallest absolute Gasteiger partial charge is 0.254 e. The number of aromatic nitrogens is 1. The Morgan fingerprint density at radius 2 is 1.92 bits per heavy atom. The molecule has 0 spiro atoms. The van der Waals surface area contributed by atoms with Gasteiger partial charge in [0.2, 0.25) is 0 Å². The van der Waals surface area contributed by atoms with E-state index < -0.39 is 6.10 Å². The molecule has 2 N–H and O–H groups in total. The van der Waals surface area contributed by atoms with E-state index in [1.54, 1.807) is 41.6 Å². The number of carbonyl (C=O) groups excluding carboxylic acids is 2. The standard InChI is InChI=1S/C27H28N4O6/c32-25(15-30-26(33)18-1-3-19(4-2-18)27(34)31-7-9-35-10-8-31)24-12-20-5-6-22(11-21(20)13-29-24)36-16-23-14-28-17-37-23/h1-6,11,13-14,17,24-25,32H,7-10,12,15-16H2,(H,30,33)/t24?,25-/m1/s1. The van der Waals surface area contributed by atoms with Crippen LogP contribution < -0.4 is 10.1 Å². The summed E-state index contributed by atoms with van der Waals surface area (Å²) in [5.74, 6) is 0.923. The van der Waals surface area contributed by atoms with Gasteiger partial charge in [-0.2, -0.15) is 0 Å². The lowest BCUT2D eigenvalue weighted by Crippen LogP contribution is -2.41. The Labute approximate surface area is 213 Å². The fourth-order valence-corrected chi connectivity index (χ4v) is 4.27. The molecule has 0 aliphatic carbocycles. The first-order valence-corrected chi connectivity index (χ1v) is 12.2. The topological polar surface area (TPSA) is 126 Å². The molecule has 5 rings (SSSR count). The maximum absolute atomic E-state index is 12.6. The Morgan fingerprint density at radius 1 is 1.14 bits per heavy atom. The number of fused-ring (bicyclic) bond motifs is 1. The zero-order chi connectivity index (χ0) is 25.6. The van der Waals surface area contributed by atoms with Gasteiger partial charge in [-0.25, -0.2) is 4.98 Å². The average Bonchev–Trinajstić information content (AvgIpc) is 3.48. The fraction of sp³-hybridized carbons (Fsp3) is 0.333. The second-order valence-corrected chi connectivity index (χ2v) is 8.93. The summed E-state index contributed by atoms with van der Waals surface area (Å²) in [5, 5.41) is 13.4. The van der Waals surface area contributed by atoms with Crippen LogP contribution in [0.4, 0.5) is 0 Å². The van der Waals surface area contributed by atoms with Crippen LogP contribution in [0.2, 0.25) is 0 Å². The first-order valence-electron chi connectivity index (χ1n) is 12.2. The molecule has 1 fully saturated rings. The van der Waals surface area contributed by atoms with Crippen molar-refractivity contribution in [2.45, 2.75) is 25.2 Å². The van der Waals surface area contributed by atoms with E-state index in [1.165, 1.54) is 6.39 Å². The van der Waals surface area contributed by atoms with Crippen LogP contribution in [0.3, 0.4) is 0 Å². The van der Waals surface area contributed by atoms with Gasteiger partial charge in [0.05, 0.1) is 31.6 Å². The molecule has 2 atom stereocenters. The van der Waals surface area contributed by atoms with Crippen molar-refractivity contribution in [3.8, 4) is 5.75 Å². The van der Waals surface area contributed by atoms with Crippen LogP contribution in [0.15, 0.2) is 64.5 Å². The quantitative estimate of drug-likeness (QED) is 0.480. The number of hydrogen-bond donors (Lipinski definition) is 2. The molecule has 0 bridgehead atoms. The summed E-state index contributed by atoms with van der Waals surface area (Å²) in [6, 6.07) is 11.9. The maximum Gasteiger partial charge on any atom is 0.254 e. The monoisotopic (exact) mass is 504 g/mol. The van der Waals surface area contributed by atoms with Gasteiger partial charge in [0, 0.05) is 37.0 Å². The van der Waals surface area contributed by atoms with Gasteiger partial charge in [0.1, 0.15) is 12.4 Å². The SMILES string of the molecule is O=C(NC[C@@H](O)C1Cc2ccc(OCc3cnco3)cc2C=N1)c1ccc(C(=O)N2CCOCC2)cc1. The van der Waals surface area contributed by atoms with Gasteiger partial charge < -0.3 is 29.2 Å². The molecular weight excluding hydrogens is 476 g/mol. The van der Waals surface area contributed by atoms with Crippen LogP contribution in [0.25, 0.3) is 0 Å². The number of hydrogen-bond acceptors (Lipinski definition) is 8. The first kappa shape index (κ1) is 24.7. The minimum absolute atomic E-state index is 0.0585. The van der Waals surface area contributed by atoms with Crippen molar-refractivity contribution in [1.29, 1.82) is 0 Å². The lowest BCUT2D eigenvalue weighted by molar-refractivity contribution is 0.0303. The van der Waals surface area contributed by atoms with E-state index in [1.807, 2.05) is 18.2 Å². The Bertz CT molecular complexity index is 1250. The van der Waals surface area contributed by atoms with E-state index in [0.717, 1.165) is 11.1 Å². The second kappa shape index (κ2) is 11.4. The molecule has 37 heavy (non-hydrogen) atoms. The van der Waals surface area contributed by atoms with Crippen LogP contribution in [-0.2, 0) is 17.8 Å². The predicted octanol–water partition coefficient (Wildman–Crippen LogP) is 1.86. The largest absolute Gasteiger partial charge is 0.486 e. The number of morpholine rings is 1. The zero-order valence-corrected chi connectivity index (χ0v) is 20.2. The van der Waals surface area contributed by atoms with E-state index in [2.05, 4.69) is 15.3 Å². The number of benzene rings is 2. The minimum Gasteiger partial charge on any atom is -0.486 e. The Balaban J connectivity index is 1.11. The number of aliphatic hydroxyl groups is 1. The van der Waals surface area contributed by atoms with Crippen molar-refractivity contribution in [3.05, 3.63) is 83.1 Å². The van der Waals surface area contributed by atoms with Crippen LogP contribution in [0.5, 0.6) is 5.75 Å². The Kier molecular flexibility index (Phi) is 7.57. The molecule has 2 aliphatic rings. The van der Waals surface area contributed by atoms with Crippen LogP contribution in [0, 0.1) is 0 Å². The highest BCUT2D eigenvalue weighted by Crippen LogP contribution is 2.23. The van der Waals surface area contributed by atoms with Gasteiger partial charge in [-0.1, -0.05) is 6.07 Å². The van der Waals surface area contributed by atoms with E-state index in [9.17, 15) is 14.7 Å². The zero-order valence-electron chi connectivity index (χ0n) is 20.2. The number of oxazole rings is 1. The molecule has 2 amide bonds. The molecular formula is C27H28N4O6. The van der Waals surface area contributed by atoms with Crippen molar-refractivity contribution < 1.29 is 28.6 Å². The molecule has 1 unspecified atom stereocenters. The number of aliphatic imine (C=N–C) groups is 1. The molecule has 1 saturated heterocycles. The van der Waals surface area contributed by atoms with Gasteiger partial charge in [0.25, 0.3) is 11.8 Å². The van der Waals surface area contributed by atoms with Crippen LogP contribution in [-0.4, -0.2) is 78.0 Å². The second-order valence-electron chi connectivity index (χ2n) is 8.93. The van der Waals surface area contributed by atoms with Crippen molar-refractivity contribution in [2.75, 3.05) is 32.8 Å². The van der Waals surface area contributed by atoms with E-state index >= 15 is 0 Å². The van der Waals surface area contributed by atoms with E-state index in [0.29, 0.717) is 55.4 Å². The van der Waals surface area contributed by atoms with Gasteiger partial charge in [-0.05, 0) is 53.9 Å². The molecule has 192 valence electrons. The molecule has 0 radical (unpaired) electrons. The summed E-state index contributed by atoms with van der Waals surface area (Å²) in [6.07, 6.45) is 4.38. The van der Waals surface area contributed by atoms with Gasteiger partial charge in [-0.3, -0.25) is 14.6 Å². The molecule has 3 aromatic rings. The van der Waals surface area contributed by atoms with E-state index in [4.69, 9.17) is 13.9 Å². The number of ether oxygens (including phenoxy) is 2. The van der Waals surface area contributed by atoms with Gasteiger partial charge in [0.15, 0.2) is 12.2 Å². The third-order valence-corrected chi connectivity index (χ3v) is 6.42. The average molecular weight is 505 g/mol. The molecule has 2 aliphatic heterocycles. The first-order chi connectivity index (χ1) is 18.1. The summed E-state index contributed by atoms with van der Waals surface area (Å²) in [5.41, 5.74) is 2.91. The minimum atomic E-state index is -0.849. The van der Waals surface area contributed by atoms with Crippen LogP contribution in [0.1, 0.15) is 37.6 Å². The number of nitrogens with one attached hydrogen (secondary N) is 1. The van der Waals surface area contributed by atoms with Crippen molar-refractivity contribution in [1.82, 2.24) is 15.2 Å². The lowest BCUT2D eigenvalue weighted by Gasteiger charge is -2.26. The molecule has 0 saturated carbocycles. The maximum atomic E-state index is 12.6. The molecule has 2 aromatic carbocycles.